The molecule has 2 fully saturated rings. The summed E-state index contributed by atoms with van der Waals surface area (Å²) in [5.41, 5.74) is 11.2. The van der Waals surface area contributed by atoms with Crippen molar-refractivity contribution in [3.8, 4) is 45.7 Å². The first-order chi connectivity index (χ1) is 25.3. The van der Waals surface area contributed by atoms with E-state index in [0.717, 1.165) is 100 Å². The number of benzene rings is 3. The molecule has 0 radical (unpaired) electrons. The van der Waals surface area contributed by atoms with E-state index < -0.39 is 0 Å². The lowest BCUT2D eigenvalue weighted by molar-refractivity contribution is -0.145. The van der Waals surface area contributed by atoms with Gasteiger partial charge in [-0.05, 0) is 91.6 Å². The first kappa shape index (κ1) is 34.0. The summed E-state index contributed by atoms with van der Waals surface area (Å²) in [6.45, 7) is 7.76. The number of aliphatic hydroxyl groups is 1. The van der Waals surface area contributed by atoms with Crippen LogP contribution < -0.4 is 4.74 Å². The smallest absolute Gasteiger partial charge is 0.310 e. The van der Waals surface area contributed by atoms with Crippen molar-refractivity contribution in [2.75, 3.05) is 40.4 Å². The average Bonchev–Trinajstić information content (AvgIpc) is 3.98. The maximum absolute atomic E-state index is 12.2. The number of carbonyl (C=O) groups is 1. The number of ether oxygens (including phenoxy) is 2. The number of likely N-dealkylation sites (tertiary alicyclic amines) is 2. The summed E-state index contributed by atoms with van der Waals surface area (Å²) in [6.07, 6.45) is 4.79. The van der Waals surface area contributed by atoms with E-state index in [0.29, 0.717) is 36.7 Å². The second-order valence-electron chi connectivity index (χ2n) is 14.4. The number of furan rings is 1. The summed E-state index contributed by atoms with van der Waals surface area (Å²) in [6, 6.07) is 19.4. The van der Waals surface area contributed by atoms with Crippen molar-refractivity contribution in [2.24, 2.45) is 5.92 Å². The number of hydrogen-bond donors (Lipinski definition) is 1. The largest absolute Gasteiger partial charge is 0.480 e. The van der Waals surface area contributed by atoms with E-state index >= 15 is 0 Å². The van der Waals surface area contributed by atoms with Crippen molar-refractivity contribution in [1.82, 2.24) is 19.8 Å². The minimum atomic E-state index is -0.300. The fourth-order valence-corrected chi connectivity index (χ4v) is 8.67. The second-order valence-corrected chi connectivity index (χ2v) is 14.4. The number of carbonyl (C=O) groups excluding carboxylic acids is 1. The highest BCUT2D eigenvalue weighted by atomic mass is 16.5. The number of methoxy groups -OCH3 is 2. The monoisotopic (exact) mass is 697 g/mol. The van der Waals surface area contributed by atoms with E-state index in [2.05, 4.69) is 72.2 Å². The summed E-state index contributed by atoms with van der Waals surface area (Å²) < 4.78 is 17.3. The molecule has 1 N–H and O–H groups in total. The van der Waals surface area contributed by atoms with Gasteiger partial charge in [-0.15, -0.1) is 0 Å². The Hall–Kier alpha value is -5.08. The van der Waals surface area contributed by atoms with Crippen molar-refractivity contribution in [3.63, 3.8) is 0 Å². The SMILES string of the molecule is COC(=O)[C@@H]1CCN(C2CCc3c2cc2cc(-c4cccc(-c5cccc(-c6cnc(CN7CC[C@@H](O)C7)c(OC)n6)c5C)c4C)oc2c3C#N)C1. The van der Waals surface area contributed by atoms with Crippen molar-refractivity contribution < 1.29 is 23.8 Å². The molecule has 0 amide bonds. The Balaban J connectivity index is 1.11. The van der Waals surface area contributed by atoms with Gasteiger partial charge in [0.2, 0.25) is 5.88 Å². The van der Waals surface area contributed by atoms with Crippen LogP contribution in [0.15, 0.2) is 59.1 Å². The van der Waals surface area contributed by atoms with Crippen LogP contribution in [0.25, 0.3) is 44.7 Å². The lowest BCUT2D eigenvalue weighted by Gasteiger charge is -2.24. The topological polar surface area (TPSA) is 125 Å². The molecule has 2 aromatic heterocycles. The third kappa shape index (κ3) is 5.93. The molecule has 1 aliphatic carbocycles. The van der Waals surface area contributed by atoms with Gasteiger partial charge < -0.3 is 19.0 Å². The van der Waals surface area contributed by atoms with Crippen LogP contribution in [0.4, 0.5) is 0 Å². The minimum Gasteiger partial charge on any atom is -0.480 e. The Morgan fingerprint density at radius 1 is 1.00 bits per heavy atom. The van der Waals surface area contributed by atoms with Crippen LogP contribution in [-0.2, 0) is 22.5 Å². The van der Waals surface area contributed by atoms with Gasteiger partial charge in [0.25, 0.3) is 0 Å². The van der Waals surface area contributed by atoms with Gasteiger partial charge >= 0.3 is 5.97 Å². The molecule has 0 bridgehead atoms. The number of aliphatic hydroxyl groups excluding tert-OH is 1. The lowest BCUT2D eigenvalue weighted by Crippen LogP contribution is -2.27. The van der Waals surface area contributed by atoms with Crippen molar-refractivity contribution >= 4 is 16.9 Å². The number of rotatable bonds is 8. The van der Waals surface area contributed by atoms with Gasteiger partial charge in [-0.3, -0.25) is 19.6 Å². The molecule has 2 saturated heterocycles. The van der Waals surface area contributed by atoms with E-state index in [1.54, 1.807) is 7.11 Å². The van der Waals surface area contributed by atoms with Crippen LogP contribution in [0.5, 0.6) is 5.88 Å². The zero-order valence-corrected chi connectivity index (χ0v) is 30.1. The Kier molecular flexibility index (Phi) is 9.04. The molecule has 266 valence electrons. The summed E-state index contributed by atoms with van der Waals surface area (Å²) in [5, 5.41) is 21.3. The summed E-state index contributed by atoms with van der Waals surface area (Å²) >= 11 is 0. The highest BCUT2D eigenvalue weighted by Crippen LogP contribution is 2.45. The number of aromatic nitrogens is 2. The predicted octanol–water partition coefficient (Wildman–Crippen LogP) is 6.77. The van der Waals surface area contributed by atoms with Gasteiger partial charge in [-0.25, -0.2) is 4.98 Å². The molecule has 52 heavy (non-hydrogen) atoms. The van der Waals surface area contributed by atoms with E-state index in [1.807, 2.05) is 12.3 Å². The van der Waals surface area contributed by atoms with E-state index in [-0.39, 0.29) is 24.0 Å². The van der Waals surface area contributed by atoms with Crippen LogP contribution >= 0.6 is 0 Å². The molecule has 0 spiro atoms. The van der Waals surface area contributed by atoms with Crippen LogP contribution in [0.3, 0.4) is 0 Å². The molecule has 3 aromatic carbocycles. The first-order valence-corrected chi connectivity index (χ1v) is 18.1. The second kappa shape index (κ2) is 13.8. The standard InChI is InChI=1S/C42H43N5O5/c1-24-29(7-5-9-31(24)36-20-44-37(41(45-36)50-3)23-46-15-14-28(48)22-46)30-8-6-10-32(25(30)2)39-18-27-17-34-33(35(19-43)40(27)52-39)11-12-38(34)47-16-13-26(21-47)42(49)51-4/h5-10,17-18,20,26,28,38,48H,11-16,21-23H2,1-4H3/t26-,28-,38?/m1/s1. The molecular formula is C42H43N5O5. The molecule has 0 saturated carbocycles. The minimum absolute atomic E-state index is 0.106. The molecule has 10 heteroatoms. The Labute approximate surface area is 303 Å². The predicted molar refractivity (Wildman–Crippen MR) is 198 cm³/mol. The molecule has 3 aliphatic rings. The van der Waals surface area contributed by atoms with Crippen molar-refractivity contribution in [1.29, 1.82) is 5.26 Å². The van der Waals surface area contributed by atoms with Crippen molar-refractivity contribution in [2.45, 2.75) is 58.2 Å². The van der Waals surface area contributed by atoms with Gasteiger partial charge in [-0.1, -0.05) is 36.4 Å². The number of fused-ring (bicyclic) bond motifs is 2. The summed E-state index contributed by atoms with van der Waals surface area (Å²) in [7, 11) is 3.07. The average molecular weight is 698 g/mol. The first-order valence-electron chi connectivity index (χ1n) is 18.1. The summed E-state index contributed by atoms with van der Waals surface area (Å²) in [4.78, 5) is 26.4. The van der Waals surface area contributed by atoms with Crippen LogP contribution in [-0.4, -0.2) is 77.3 Å². The highest BCUT2D eigenvalue weighted by Gasteiger charge is 2.38. The van der Waals surface area contributed by atoms with Gasteiger partial charge in [0, 0.05) is 48.7 Å². The quantitative estimate of drug-likeness (QED) is 0.174. The number of β-amino-alcohol motifs (C(OH)–C–C–N with tert-alkyl or cyclic N) is 1. The number of nitrogens with zero attached hydrogens (tertiary/aromatic N) is 5. The Morgan fingerprint density at radius 3 is 2.46 bits per heavy atom. The zero-order valence-electron chi connectivity index (χ0n) is 30.1. The van der Waals surface area contributed by atoms with Crippen molar-refractivity contribution in [3.05, 3.63) is 88.2 Å². The molecule has 3 atom stereocenters. The van der Waals surface area contributed by atoms with E-state index in [4.69, 9.17) is 23.9 Å². The normalized spacial score (nSPS) is 20.3. The maximum Gasteiger partial charge on any atom is 0.310 e. The molecule has 8 rings (SSSR count). The van der Waals surface area contributed by atoms with E-state index in [9.17, 15) is 15.2 Å². The number of hydrogen-bond acceptors (Lipinski definition) is 10. The van der Waals surface area contributed by atoms with Gasteiger partial charge in [0.15, 0.2) is 5.58 Å². The van der Waals surface area contributed by atoms with E-state index in [1.165, 1.54) is 12.7 Å². The van der Waals surface area contributed by atoms with Crippen LogP contribution in [0, 0.1) is 31.1 Å². The maximum atomic E-state index is 12.2. The summed E-state index contributed by atoms with van der Waals surface area (Å²) in [5.74, 6) is 0.965. The number of nitriles is 1. The van der Waals surface area contributed by atoms with Crippen LogP contribution in [0.2, 0.25) is 0 Å². The highest BCUT2D eigenvalue weighted by molar-refractivity contribution is 5.91. The Bertz CT molecular complexity index is 2240. The molecule has 10 nitrogen and oxygen atoms in total. The molecule has 1 unspecified atom stereocenters. The molecular weight excluding hydrogens is 654 g/mol. The lowest BCUT2D eigenvalue weighted by atomic mass is 9.90. The molecule has 2 aliphatic heterocycles. The van der Waals surface area contributed by atoms with Crippen LogP contribution in [0.1, 0.15) is 58.8 Å². The third-order valence-electron chi connectivity index (χ3n) is 11.4. The Morgan fingerprint density at radius 2 is 1.75 bits per heavy atom. The molecule has 4 heterocycles. The third-order valence-corrected chi connectivity index (χ3v) is 11.4. The fourth-order valence-electron chi connectivity index (χ4n) is 8.67. The molecule has 5 aromatic rings. The fraction of sp³-hybridized carbons (Fsp3) is 0.381. The van der Waals surface area contributed by atoms with Gasteiger partial charge in [0.05, 0.1) is 43.7 Å². The van der Waals surface area contributed by atoms with Gasteiger partial charge in [-0.2, -0.15) is 5.26 Å². The van der Waals surface area contributed by atoms with Gasteiger partial charge in [0.1, 0.15) is 17.5 Å². The number of esters is 1. The zero-order chi connectivity index (χ0) is 36.1.